The molecule has 18 heavy (non-hydrogen) atoms. The Hall–Kier alpha value is -1.63. The molecule has 0 bridgehead atoms. The van der Waals surface area contributed by atoms with E-state index in [1.807, 2.05) is 0 Å². The number of esters is 1. The summed E-state index contributed by atoms with van der Waals surface area (Å²) in [5.74, 6) is -1.69. The van der Waals surface area contributed by atoms with Gasteiger partial charge in [-0.3, -0.25) is 9.59 Å². The number of carbonyl (C=O) groups excluding carboxylic acids is 2. The zero-order chi connectivity index (χ0) is 13.5. The maximum atomic E-state index is 11.9. The maximum Gasteiger partial charge on any atom is 0.331 e. The Morgan fingerprint density at radius 3 is 2.72 bits per heavy atom. The van der Waals surface area contributed by atoms with Gasteiger partial charge in [-0.2, -0.15) is 0 Å². The van der Waals surface area contributed by atoms with Gasteiger partial charge in [-0.15, -0.1) is 0 Å². The monoisotopic (exact) mass is 259 g/mol. The summed E-state index contributed by atoms with van der Waals surface area (Å²) in [6.07, 6.45) is 0.318. The topological polar surface area (TPSA) is 93.1 Å². The third-order valence-corrected chi connectivity index (χ3v) is 2.70. The zero-order valence-electron chi connectivity index (χ0n) is 10.3. The third kappa shape index (κ3) is 3.99. The van der Waals surface area contributed by atoms with E-state index < -0.39 is 18.0 Å². The van der Waals surface area contributed by atoms with Crippen LogP contribution in [0.4, 0.5) is 0 Å². The standard InChI is InChI=1S/C11H17NO6/c1-17-11(16)8-7-18-6-5-12(8)9(13)3-2-4-10(14)15/h8H,2-7H2,1H3,(H,14,15). The number of amides is 1. The van der Waals surface area contributed by atoms with Crippen molar-refractivity contribution in [3.63, 3.8) is 0 Å². The lowest BCUT2D eigenvalue weighted by atomic mass is 10.1. The lowest BCUT2D eigenvalue weighted by molar-refractivity contribution is -0.160. The van der Waals surface area contributed by atoms with Crippen molar-refractivity contribution in [2.75, 3.05) is 26.9 Å². The first kappa shape index (κ1) is 14.4. The van der Waals surface area contributed by atoms with E-state index >= 15 is 0 Å². The number of carbonyl (C=O) groups is 3. The van der Waals surface area contributed by atoms with Gasteiger partial charge >= 0.3 is 11.9 Å². The van der Waals surface area contributed by atoms with Crippen molar-refractivity contribution in [3.05, 3.63) is 0 Å². The number of methoxy groups -OCH3 is 1. The highest BCUT2D eigenvalue weighted by molar-refractivity contribution is 5.85. The molecule has 0 aromatic carbocycles. The van der Waals surface area contributed by atoms with Crippen LogP contribution in [0.5, 0.6) is 0 Å². The van der Waals surface area contributed by atoms with Gasteiger partial charge in [0.25, 0.3) is 0 Å². The molecular formula is C11H17NO6. The molecule has 102 valence electrons. The molecule has 1 N–H and O–H groups in total. The minimum atomic E-state index is -0.936. The number of nitrogens with zero attached hydrogens (tertiary/aromatic N) is 1. The second-order valence-corrected chi connectivity index (χ2v) is 3.95. The lowest BCUT2D eigenvalue weighted by Gasteiger charge is -2.33. The van der Waals surface area contributed by atoms with Crippen LogP contribution in [-0.2, 0) is 23.9 Å². The van der Waals surface area contributed by atoms with Gasteiger partial charge in [0.2, 0.25) is 5.91 Å². The fraction of sp³-hybridized carbons (Fsp3) is 0.727. The molecule has 7 heteroatoms. The molecule has 1 aliphatic rings. The Morgan fingerprint density at radius 1 is 1.39 bits per heavy atom. The fourth-order valence-corrected chi connectivity index (χ4v) is 1.77. The summed E-state index contributed by atoms with van der Waals surface area (Å²) >= 11 is 0. The van der Waals surface area contributed by atoms with E-state index in [1.54, 1.807) is 0 Å². The molecule has 1 fully saturated rings. The quantitative estimate of drug-likeness (QED) is 0.678. The Morgan fingerprint density at radius 2 is 2.11 bits per heavy atom. The minimum Gasteiger partial charge on any atom is -0.481 e. The first-order valence-corrected chi connectivity index (χ1v) is 5.73. The SMILES string of the molecule is COC(=O)C1COCCN1C(=O)CCCC(=O)O. The van der Waals surface area contributed by atoms with Crippen molar-refractivity contribution in [2.24, 2.45) is 0 Å². The maximum absolute atomic E-state index is 11.9. The summed E-state index contributed by atoms with van der Waals surface area (Å²) in [6, 6.07) is -0.721. The molecule has 1 amide bonds. The van der Waals surface area contributed by atoms with Gasteiger partial charge < -0.3 is 19.5 Å². The van der Waals surface area contributed by atoms with E-state index in [0.29, 0.717) is 13.2 Å². The van der Waals surface area contributed by atoms with Gasteiger partial charge in [0.1, 0.15) is 0 Å². The van der Waals surface area contributed by atoms with Crippen LogP contribution in [0.25, 0.3) is 0 Å². The third-order valence-electron chi connectivity index (χ3n) is 2.70. The van der Waals surface area contributed by atoms with E-state index in [-0.39, 0.29) is 31.8 Å². The molecule has 0 aromatic rings. The number of carboxylic acid groups (broad SMARTS) is 1. The van der Waals surface area contributed by atoms with Crippen molar-refractivity contribution < 1.29 is 29.0 Å². The molecule has 0 saturated carbocycles. The summed E-state index contributed by atoms with van der Waals surface area (Å²) in [7, 11) is 1.25. The second-order valence-electron chi connectivity index (χ2n) is 3.95. The Bertz CT molecular complexity index is 329. The first-order valence-electron chi connectivity index (χ1n) is 5.73. The molecule has 1 atom stereocenters. The second kappa shape index (κ2) is 6.95. The van der Waals surface area contributed by atoms with Crippen LogP contribution in [-0.4, -0.2) is 60.8 Å². The van der Waals surface area contributed by atoms with E-state index in [4.69, 9.17) is 9.84 Å². The van der Waals surface area contributed by atoms with Gasteiger partial charge in [-0.1, -0.05) is 0 Å². The number of hydrogen-bond acceptors (Lipinski definition) is 5. The van der Waals surface area contributed by atoms with Crippen LogP contribution < -0.4 is 0 Å². The number of carboxylic acids is 1. The highest BCUT2D eigenvalue weighted by Crippen LogP contribution is 2.12. The van der Waals surface area contributed by atoms with Crippen LogP contribution in [0.2, 0.25) is 0 Å². The number of rotatable bonds is 5. The van der Waals surface area contributed by atoms with Gasteiger partial charge in [-0.05, 0) is 6.42 Å². The first-order chi connectivity index (χ1) is 8.56. The van der Waals surface area contributed by atoms with Gasteiger partial charge in [0, 0.05) is 19.4 Å². The van der Waals surface area contributed by atoms with E-state index in [9.17, 15) is 14.4 Å². The van der Waals surface area contributed by atoms with Crippen molar-refractivity contribution in [2.45, 2.75) is 25.3 Å². The summed E-state index contributed by atoms with van der Waals surface area (Å²) in [4.78, 5) is 35.1. The normalized spacial score (nSPS) is 19.4. The zero-order valence-corrected chi connectivity index (χ0v) is 10.3. The molecule has 0 aromatic heterocycles. The molecule has 1 aliphatic heterocycles. The predicted octanol–water partition coefficient (Wildman–Crippen LogP) is -0.358. The predicted molar refractivity (Wildman–Crippen MR) is 59.8 cm³/mol. The lowest BCUT2D eigenvalue weighted by Crippen LogP contribution is -2.52. The van der Waals surface area contributed by atoms with E-state index in [0.717, 1.165) is 0 Å². The van der Waals surface area contributed by atoms with Crippen LogP contribution in [0.15, 0.2) is 0 Å². The molecule has 1 rings (SSSR count). The number of morpholine rings is 1. The molecule has 1 unspecified atom stereocenters. The average Bonchev–Trinajstić information content (AvgIpc) is 2.37. The minimum absolute atomic E-state index is 0.0566. The van der Waals surface area contributed by atoms with E-state index in [1.165, 1.54) is 12.0 Å². The van der Waals surface area contributed by atoms with Crippen molar-refractivity contribution >= 4 is 17.8 Å². The van der Waals surface area contributed by atoms with Crippen LogP contribution in [0, 0.1) is 0 Å². The van der Waals surface area contributed by atoms with Crippen molar-refractivity contribution in [1.29, 1.82) is 0 Å². The summed E-state index contributed by atoms with van der Waals surface area (Å²) < 4.78 is 9.75. The van der Waals surface area contributed by atoms with Gasteiger partial charge in [-0.25, -0.2) is 4.79 Å². The van der Waals surface area contributed by atoms with Crippen molar-refractivity contribution in [3.8, 4) is 0 Å². The van der Waals surface area contributed by atoms with Crippen LogP contribution in [0.1, 0.15) is 19.3 Å². The van der Waals surface area contributed by atoms with E-state index in [2.05, 4.69) is 4.74 Å². The van der Waals surface area contributed by atoms with Crippen LogP contribution >= 0.6 is 0 Å². The molecule has 7 nitrogen and oxygen atoms in total. The summed E-state index contributed by atoms with van der Waals surface area (Å²) in [5.41, 5.74) is 0. The highest BCUT2D eigenvalue weighted by Gasteiger charge is 2.33. The Labute approximate surface area is 105 Å². The molecule has 0 radical (unpaired) electrons. The smallest absolute Gasteiger partial charge is 0.331 e. The molecule has 1 heterocycles. The largest absolute Gasteiger partial charge is 0.481 e. The van der Waals surface area contributed by atoms with Crippen molar-refractivity contribution in [1.82, 2.24) is 4.90 Å². The molecule has 1 saturated heterocycles. The summed E-state index contributed by atoms with van der Waals surface area (Å²) in [5, 5.41) is 8.50. The molecule has 0 spiro atoms. The highest BCUT2D eigenvalue weighted by atomic mass is 16.5. The van der Waals surface area contributed by atoms with Gasteiger partial charge in [0.05, 0.1) is 20.3 Å². The number of aliphatic carboxylic acids is 1. The Kier molecular flexibility index (Phi) is 5.57. The molecular weight excluding hydrogens is 242 g/mol. The number of hydrogen-bond donors (Lipinski definition) is 1. The Balaban J connectivity index is 2.52. The number of ether oxygens (including phenoxy) is 2. The van der Waals surface area contributed by atoms with Crippen LogP contribution in [0.3, 0.4) is 0 Å². The average molecular weight is 259 g/mol. The fourth-order valence-electron chi connectivity index (χ4n) is 1.77. The summed E-state index contributed by atoms with van der Waals surface area (Å²) in [6.45, 7) is 0.821. The van der Waals surface area contributed by atoms with Gasteiger partial charge in [0.15, 0.2) is 6.04 Å². The molecule has 0 aliphatic carbocycles.